The molecule has 112 valence electrons. The molecule has 0 spiro atoms. The van der Waals surface area contributed by atoms with E-state index in [0.717, 1.165) is 29.9 Å². The first-order chi connectivity index (χ1) is 10.9. The summed E-state index contributed by atoms with van der Waals surface area (Å²) in [5.41, 5.74) is 5.55. The molecule has 1 heterocycles. The van der Waals surface area contributed by atoms with Gasteiger partial charge in [-0.1, -0.05) is 62.2 Å². The molecule has 0 aromatic heterocycles. The molecule has 1 aliphatic heterocycles. The summed E-state index contributed by atoms with van der Waals surface area (Å²) in [5.74, 6) is 0. The summed E-state index contributed by atoms with van der Waals surface area (Å²) >= 11 is 0. The maximum absolute atomic E-state index is 4.89. The Bertz CT molecular complexity index is 684. The standard InChI is InChI=1S/C20H22N2/c1-2-3-5-12-17-15-20(16-10-6-4-7-11-16)22-19-14-9-8-13-18(19)21-17/h4,6-11,13-14H,2-3,5,12,15H2,1H3. The summed E-state index contributed by atoms with van der Waals surface area (Å²) in [4.78, 5) is 9.78. The highest BCUT2D eigenvalue weighted by Gasteiger charge is 2.14. The number of rotatable bonds is 5. The van der Waals surface area contributed by atoms with Crippen LogP contribution in [0.15, 0.2) is 64.6 Å². The summed E-state index contributed by atoms with van der Waals surface area (Å²) in [6, 6.07) is 18.6. The number of aliphatic imine (C=N–C) groups is 2. The Morgan fingerprint density at radius 2 is 1.50 bits per heavy atom. The minimum Gasteiger partial charge on any atom is -0.255 e. The number of fused-ring (bicyclic) bond motifs is 1. The average molecular weight is 290 g/mol. The molecular formula is C20H22N2. The van der Waals surface area contributed by atoms with Crippen molar-refractivity contribution in [1.82, 2.24) is 0 Å². The predicted octanol–water partition coefficient (Wildman–Crippen LogP) is 5.86. The van der Waals surface area contributed by atoms with Crippen LogP contribution in [0.2, 0.25) is 0 Å². The maximum Gasteiger partial charge on any atom is 0.0889 e. The van der Waals surface area contributed by atoms with Crippen molar-refractivity contribution in [1.29, 1.82) is 0 Å². The van der Waals surface area contributed by atoms with Gasteiger partial charge in [-0.05, 0) is 30.5 Å². The van der Waals surface area contributed by atoms with Crippen molar-refractivity contribution in [2.75, 3.05) is 0 Å². The number of para-hydroxylation sites is 2. The summed E-state index contributed by atoms with van der Waals surface area (Å²) < 4.78 is 0. The van der Waals surface area contributed by atoms with Gasteiger partial charge in [0.25, 0.3) is 0 Å². The second kappa shape index (κ2) is 7.17. The number of nitrogens with zero attached hydrogens (tertiary/aromatic N) is 2. The second-order valence-electron chi connectivity index (χ2n) is 5.73. The molecule has 0 radical (unpaired) electrons. The van der Waals surface area contributed by atoms with Crippen molar-refractivity contribution in [3.63, 3.8) is 0 Å². The summed E-state index contributed by atoms with van der Waals surface area (Å²) in [6.45, 7) is 2.24. The molecule has 0 saturated heterocycles. The van der Waals surface area contributed by atoms with Crippen LogP contribution in [0.1, 0.15) is 44.6 Å². The van der Waals surface area contributed by atoms with Gasteiger partial charge in [0, 0.05) is 12.1 Å². The van der Waals surface area contributed by atoms with Crippen molar-refractivity contribution in [3.05, 3.63) is 60.2 Å². The van der Waals surface area contributed by atoms with Crippen LogP contribution in [0, 0.1) is 0 Å². The van der Waals surface area contributed by atoms with Gasteiger partial charge in [-0.25, -0.2) is 0 Å². The van der Waals surface area contributed by atoms with E-state index in [9.17, 15) is 0 Å². The third kappa shape index (κ3) is 3.51. The third-order valence-corrected chi connectivity index (χ3v) is 3.96. The van der Waals surface area contributed by atoms with Crippen molar-refractivity contribution < 1.29 is 0 Å². The van der Waals surface area contributed by atoms with Gasteiger partial charge in [-0.2, -0.15) is 0 Å². The monoisotopic (exact) mass is 290 g/mol. The summed E-state index contributed by atoms with van der Waals surface area (Å²) in [5, 5.41) is 0. The minimum absolute atomic E-state index is 0.850. The van der Waals surface area contributed by atoms with Gasteiger partial charge in [-0.3, -0.25) is 9.98 Å². The highest BCUT2D eigenvalue weighted by Crippen LogP contribution is 2.32. The van der Waals surface area contributed by atoms with E-state index in [0.29, 0.717) is 0 Å². The van der Waals surface area contributed by atoms with Crippen LogP contribution in [-0.4, -0.2) is 11.4 Å². The van der Waals surface area contributed by atoms with Crippen molar-refractivity contribution in [2.24, 2.45) is 9.98 Å². The maximum atomic E-state index is 4.89. The van der Waals surface area contributed by atoms with Gasteiger partial charge >= 0.3 is 0 Å². The highest BCUT2D eigenvalue weighted by atomic mass is 14.9. The number of benzene rings is 2. The molecule has 0 atom stereocenters. The van der Waals surface area contributed by atoms with E-state index in [2.05, 4.69) is 43.3 Å². The highest BCUT2D eigenvalue weighted by molar-refractivity contribution is 6.15. The molecule has 3 rings (SSSR count). The Kier molecular flexibility index (Phi) is 4.79. The van der Waals surface area contributed by atoms with E-state index in [1.807, 2.05) is 18.2 Å². The first kappa shape index (κ1) is 14.7. The summed E-state index contributed by atoms with van der Waals surface area (Å²) in [6.07, 6.45) is 5.62. The number of unbranched alkanes of at least 4 members (excludes halogenated alkanes) is 2. The lowest BCUT2D eigenvalue weighted by Gasteiger charge is -2.07. The van der Waals surface area contributed by atoms with Gasteiger partial charge in [-0.15, -0.1) is 0 Å². The molecule has 0 amide bonds. The molecule has 0 fully saturated rings. The molecule has 2 aromatic carbocycles. The van der Waals surface area contributed by atoms with Crippen molar-refractivity contribution in [2.45, 2.75) is 39.0 Å². The largest absolute Gasteiger partial charge is 0.255 e. The normalized spacial score (nSPS) is 13.9. The van der Waals surface area contributed by atoms with Crippen LogP contribution in [0.4, 0.5) is 11.4 Å². The van der Waals surface area contributed by atoms with Crippen LogP contribution < -0.4 is 0 Å². The third-order valence-electron chi connectivity index (χ3n) is 3.96. The Hall–Kier alpha value is -2.22. The topological polar surface area (TPSA) is 24.7 Å². The van der Waals surface area contributed by atoms with Gasteiger partial charge in [0.05, 0.1) is 17.1 Å². The van der Waals surface area contributed by atoms with Crippen LogP contribution in [0.5, 0.6) is 0 Å². The zero-order valence-electron chi connectivity index (χ0n) is 13.1. The fraction of sp³-hybridized carbons (Fsp3) is 0.300. The summed E-state index contributed by atoms with van der Waals surface area (Å²) in [7, 11) is 0. The Balaban J connectivity index is 1.95. The van der Waals surface area contributed by atoms with Crippen LogP contribution >= 0.6 is 0 Å². The van der Waals surface area contributed by atoms with Crippen molar-refractivity contribution >= 4 is 22.8 Å². The van der Waals surface area contributed by atoms with Crippen LogP contribution in [0.3, 0.4) is 0 Å². The van der Waals surface area contributed by atoms with E-state index < -0.39 is 0 Å². The molecular weight excluding hydrogens is 268 g/mol. The van der Waals surface area contributed by atoms with E-state index in [1.165, 1.54) is 30.5 Å². The quantitative estimate of drug-likeness (QED) is 0.616. The van der Waals surface area contributed by atoms with Gasteiger partial charge in [0.2, 0.25) is 0 Å². The minimum atomic E-state index is 0.850. The molecule has 22 heavy (non-hydrogen) atoms. The van der Waals surface area contributed by atoms with E-state index in [1.54, 1.807) is 0 Å². The van der Waals surface area contributed by atoms with E-state index in [4.69, 9.17) is 9.98 Å². The number of hydrogen-bond donors (Lipinski definition) is 0. The molecule has 2 heteroatoms. The first-order valence-electron chi connectivity index (χ1n) is 8.15. The van der Waals surface area contributed by atoms with Gasteiger partial charge in [0.15, 0.2) is 0 Å². The molecule has 2 nitrogen and oxygen atoms in total. The molecule has 0 aliphatic carbocycles. The molecule has 2 aromatic rings. The zero-order chi connectivity index (χ0) is 15.2. The van der Waals surface area contributed by atoms with Crippen LogP contribution in [0.25, 0.3) is 0 Å². The van der Waals surface area contributed by atoms with Gasteiger partial charge in [0.1, 0.15) is 0 Å². The average Bonchev–Trinajstić information content (AvgIpc) is 2.75. The van der Waals surface area contributed by atoms with Crippen molar-refractivity contribution in [3.8, 4) is 0 Å². The van der Waals surface area contributed by atoms with Gasteiger partial charge < -0.3 is 0 Å². The first-order valence-corrected chi connectivity index (χ1v) is 8.15. The molecule has 0 bridgehead atoms. The van der Waals surface area contributed by atoms with E-state index in [-0.39, 0.29) is 0 Å². The fourth-order valence-electron chi connectivity index (χ4n) is 2.76. The van der Waals surface area contributed by atoms with Crippen LogP contribution in [-0.2, 0) is 0 Å². The lowest BCUT2D eigenvalue weighted by atomic mass is 10.0. The molecule has 0 N–H and O–H groups in total. The second-order valence-corrected chi connectivity index (χ2v) is 5.73. The fourth-order valence-corrected chi connectivity index (χ4v) is 2.76. The molecule has 1 aliphatic rings. The SMILES string of the molecule is CCCCCC1=Nc2ccccc2N=C(c2ccccc2)C1. The molecule has 0 saturated carbocycles. The smallest absolute Gasteiger partial charge is 0.0889 e. The molecule has 0 unspecified atom stereocenters. The lowest BCUT2D eigenvalue weighted by molar-refractivity contribution is 0.740. The predicted molar refractivity (Wildman–Crippen MR) is 94.9 cm³/mol. The Morgan fingerprint density at radius 3 is 2.23 bits per heavy atom. The number of hydrogen-bond acceptors (Lipinski definition) is 2. The van der Waals surface area contributed by atoms with E-state index >= 15 is 0 Å². The Morgan fingerprint density at radius 1 is 0.818 bits per heavy atom. The Labute approximate surface area is 132 Å². The zero-order valence-corrected chi connectivity index (χ0v) is 13.1. The lowest BCUT2D eigenvalue weighted by Crippen LogP contribution is -2.08.